The van der Waals surface area contributed by atoms with E-state index in [-0.39, 0.29) is 6.61 Å². The third-order valence-corrected chi connectivity index (χ3v) is 2.20. The van der Waals surface area contributed by atoms with Gasteiger partial charge in [-0.3, -0.25) is 0 Å². The van der Waals surface area contributed by atoms with Gasteiger partial charge in [-0.05, 0) is 19.8 Å². The number of rotatable bonds is 11. The van der Waals surface area contributed by atoms with E-state index >= 15 is 0 Å². The molecule has 0 aromatic carbocycles. The van der Waals surface area contributed by atoms with Crippen LogP contribution in [0, 0.1) is 0 Å². The van der Waals surface area contributed by atoms with Crippen LogP contribution < -0.4 is 5.73 Å². The van der Waals surface area contributed by atoms with Crippen molar-refractivity contribution < 1.29 is 19.3 Å². The largest absolute Gasteiger partial charge is 0.394 e. The van der Waals surface area contributed by atoms with Gasteiger partial charge in [-0.2, -0.15) is 0 Å². The van der Waals surface area contributed by atoms with Crippen molar-refractivity contribution in [3.8, 4) is 0 Å². The molecule has 5 heteroatoms. The van der Waals surface area contributed by atoms with E-state index in [4.69, 9.17) is 25.1 Å². The highest BCUT2D eigenvalue weighted by molar-refractivity contribution is 4.76. The van der Waals surface area contributed by atoms with Crippen molar-refractivity contribution in [1.82, 2.24) is 0 Å². The van der Waals surface area contributed by atoms with Gasteiger partial charge < -0.3 is 25.1 Å². The van der Waals surface area contributed by atoms with Crippen molar-refractivity contribution in [1.29, 1.82) is 0 Å². The molecule has 0 heterocycles. The molecule has 0 aromatic heterocycles. The molecule has 98 valence electrons. The second-order valence-corrected chi connectivity index (χ2v) is 4.13. The maximum Gasteiger partial charge on any atom is 0.0701 e. The van der Waals surface area contributed by atoms with Crippen LogP contribution in [0.25, 0.3) is 0 Å². The molecule has 0 aromatic rings. The van der Waals surface area contributed by atoms with Gasteiger partial charge in [-0.1, -0.05) is 0 Å². The molecule has 1 atom stereocenters. The molecule has 0 spiro atoms. The zero-order valence-corrected chi connectivity index (χ0v) is 10.4. The quantitative estimate of drug-likeness (QED) is 0.499. The summed E-state index contributed by atoms with van der Waals surface area (Å²) in [4.78, 5) is 0. The van der Waals surface area contributed by atoms with Crippen molar-refractivity contribution in [2.75, 3.05) is 46.8 Å². The van der Waals surface area contributed by atoms with Gasteiger partial charge in [0, 0.05) is 19.3 Å². The van der Waals surface area contributed by atoms with E-state index in [0.717, 1.165) is 12.8 Å². The number of nitrogens with two attached hydrogens (primary N) is 1. The Morgan fingerprint density at radius 1 is 1.06 bits per heavy atom. The fourth-order valence-electron chi connectivity index (χ4n) is 1.12. The predicted molar refractivity (Wildman–Crippen MR) is 62.4 cm³/mol. The molecule has 0 saturated heterocycles. The Hall–Kier alpha value is -0.200. The Kier molecular flexibility index (Phi) is 9.86. The number of hydrogen-bond donors (Lipinski definition) is 2. The van der Waals surface area contributed by atoms with Crippen molar-refractivity contribution in [3.05, 3.63) is 0 Å². The Morgan fingerprint density at radius 2 is 1.62 bits per heavy atom. The Labute approximate surface area is 97.9 Å². The first-order valence-electron chi connectivity index (χ1n) is 5.66. The molecule has 0 amide bonds. The molecular formula is C11H25NO4. The van der Waals surface area contributed by atoms with Crippen molar-refractivity contribution in [2.45, 2.75) is 25.3 Å². The van der Waals surface area contributed by atoms with E-state index in [1.807, 2.05) is 6.92 Å². The average molecular weight is 235 g/mol. The van der Waals surface area contributed by atoms with Gasteiger partial charge in [-0.25, -0.2) is 0 Å². The van der Waals surface area contributed by atoms with E-state index in [1.54, 1.807) is 7.11 Å². The van der Waals surface area contributed by atoms with Gasteiger partial charge in [0.2, 0.25) is 0 Å². The molecule has 5 nitrogen and oxygen atoms in total. The summed E-state index contributed by atoms with van der Waals surface area (Å²) in [6.07, 6.45) is 1.61. The summed E-state index contributed by atoms with van der Waals surface area (Å²) in [5.74, 6) is 0. The fourth-order valence-corrected chi connectivity index (χ4v) is 1.12. The fraction of sp³-hybridized carbons (Fsp3) is 1.00. The summed E-state index contributed by atoms with van der Waals surface area (Å²) in [5.41, 5.74) is 5.28. The van der Waals surface area contributed by atoms with Crippen LogP contribution in [0.5, 0.6) is 0 Å². The van der Waals surface area contributed by atoms with Crippen LogP contribution in [0.2, 0.25) is 0 Å². The van der Waals surface area contributed by atoms with E-state index in [0.29, 0.717) is 33.0 Å². The maximum absolute atomic E-state index is 8.92. The van der Waals surface area contributed by atoms with E-state index in [2.05, 4.69) is 0 Å². The molecule has 0 aliphatic heterocycles. The summed E-state index contributed by atoms with van der Waals surface area (Å²) in [6, 6.07) is 0. The SMILES string of the molecule is COCCOCCOCCCC(C)(N)CO. The van der Waals surface area contributed by atoms with E-state index in [1.165, 1.54) is 0 Å². The second-order valence-electron chi connectivity index (χ2n) is 4.13. The van der Waals surface area contributed by atoms with Gasteiger partial charge >= 0.3 is 0 Å². The van der Waals surface area contributed by atoms with Gasteiger partial charge in [-0.15, -0.1) is 0 Å². The molecule has 16 heavy (non-hydrogen) atoms. The van der Waals surface area contributed by atoms with Crippen LogP contribution >= 0.6 is 0 Å². The lowest BCUT2D eigenvalue weighted by Gasteiger charge is -2.21. The second kappa shape index (κ2) is 9.99. The monoisotopic (exact) mass is 235 g/mol. The lowest BCUT2D eigenvalue weighted by molar-refractivity contribution is 0.0227. The van der Waals surface area contributed by atoms with Gasteiger partial charge in [0.15, 0.2) is 0 Å². The maximum atomic E-state index is 8.92. The highest BCUT2D eigenvalue weighted by Crippen LogP contribution is 2.07. The van der Waals surface area contributed by atoms with Crippen molar-refractivity contribution in [3.63, 3.8) is 0 Å². The first kappa shape index (κ1) is 15.8. The van der Waals surface area contributed by atoms with Crippen LogP contribution in [-0.4, -0.2) is 57.4 Å². The summed E-state index contributed by atoms with van der Waals surface area (Å²) in [7, 11) is 1.64. The van der Waals surface area contributed by atoms with Crippen LogP contribution in [0.15, 0.2) is 0 Å². The lowest BCUT2D eigenvalue weighted by Crippen LogP contribution is -2.40. The molecule has 3 N–H and O–H groups in total. The lowest BCUT2D eigenvalue weighted by atomic mass is 9.99. The highest BCUT2D eigenvalue weighted by Gasteiger charge is 2.15. The van der Waals surface area contributed by atoms with Crippen LogP contribution in [-0.2, 0) is 14.2 Å². The van der Waals surface area contributed by atoms with Crippen LogP contribution in [0.3, 0.4) is 0 Å². The highest BCUT2D eigenvalue weighted by atomic mass is 16.5. The normalized spacial score (nSPS) is 15.0. The van der Waals surface area contributed by atoms with Crippen LogP contribution in [0.4, 0.5) is 0 Å². The molecule has 0 bridgehead atoms. The number of hydrogen-bond acceptors (Lipinski definition) is 5. The number of methoxy groups -OCH3 is 1. The van der Waals surface area contributed by atoms with Crippen molar-refractivity contribution in [2.24, 2.45) is 5.73 Å². The smallest absolute Gasteiger partial charge is 0.0701 e. The molecular weight excluding hydrogens is 210 g/mol. The Bertz CT molecular complexity index is 153. The third-order valence-electron chi connectivity index (χ3n) is 2.20. The summed E-state index contributed by atoms with van der Waals surface area (Å²) in [5, 5.41) is 8.92. The predicted octanol–water partition coefficient (Wildman–Crippen LogP) is 0.156. The summed E-state index contributed by atoms with van der Waals surface area (Å²) >= 11 is 0. The zero-order chi connectivity index (χ0) is 12.3. The van der Waals surface area contributed by atoms with Gasteiger partial charge in [0.1, 0.15) is 0 Å². The standard InChI is InChI=1S/C11H25NO4/c1-11(12,10-13)4-3-5-15-8-9-16-7-6-14-2/h13H,3-10,12H2,1-2H3. The molecule has 0 radical (unpaired) electrons. The molecule has 0 fully saturated rings. The third kappa shape index (κ3) is 10.3. The minimum atomic E-state index is -0.488. The topological polar surface area (TPSA) is 73.9 Å². The summed E-state index contributed by atoms with van der Waals surface area (Å²) in [6.45, 7) is 4.88. The number of aliphatic hydroxyl groups excluding tert-OH is 1. The molecule has 0 aliphatic carbocycles. The van der Waals surface area contributed by atoms with Crippen LogP contribution in [0.1, 0.15) is 19.8 Å². The molecule has 1 unspecified atom stereocenters. The van der Waals surface area contributed by atoms with Gasteiger partial charge in [0.05, 0.1) is 33.0 Å². The minimum Gasteiger partial charge on any atom is -0.394 e. The summed E-state index contributed by atoms with van der Waals surface area (Å²) < 4.78 is 15.4. The number of ether oxygens (including phenoxy) is 3. The average Bonchev–Trinajstić information content (AvgIpc) is 2.27. The molecule has 0 aliphatic rings. The van der Waals surface area contributed by atoms with E-state index in [9.17, 15) is 0 Å². The van der Waals surface area contributed by atoms with E-state index < -0.39 is 5.54 Å². The zero-order valence-electron chi connectivity index (χ0n) is 10.4. The minimum absolute atomic E-state index is 0.00707. The van der Waals surface area contributed by atoms with Gasteiger partial charge in [0.25, 0.3) is 0 Å². The Balaban J connectivity index is 3.10. The molecule has 0 saturated carbocycles. The number of aliphatic hydroxyl groups is 1. The van der Waals surface area contributed by atoms with Crippen molar-refractivity contribution >= 4 is 0 Å². The first-order chi connectivity index (χ1) is 7.62. The Morgan fingerprint density at radius 3 is 2.19 bits per heavy atom. The molecule has 0 rings (SSSR count). The first-order valence-corrected chi connectivity index (χ1v) is 5.66.